The number of carbonyl (C=O) groups is 2. The number of ether oxygens (including phenoxy) is 2. The lowest BCUT2D eigenvalue weighted by Crippen LogP contribution is -2.26. The van der Waals surface area contributed by atoms with Crippen molar-refractivity contribution in [2.24, 2.45) is 0 Å². The van der Waals surface area contributed by atoms with Crippen molar-refractivity contribution in [3.05, 3.63) is 89.0 Å². The molecule has 0 saturated heterocycles. The zero-order valence-corrected chi connectivity index (χ0v) is 19.9. The molecule has 0 aromatic heterocycles. The van der Waals surface area contributed by atoms with Gasteiger partial charge in [0.15, 0.2) is 0 Å². The van der Waals surface area contributed by atoms with Crippen LogP contribution in [0.4, 0.5) is 5.69 Å². The predicted molar refractivity (Wildman–Crippen MR) is 129 cm³/mol. The largest absolute Gasteiger partial charge is 0.495 e. The van der Waals surface area contributed by atoms with Gasteiger partial charge in [-0.25, -0.2) is 13.2 Å². The third-order valence-corrected chi connectivity index (χ3v) is 6.67. The topological polar surface area (TPSA) is 111 Å². The standard InChI is InChI=1S/C25H26N2O6S/c1-17-8-11-20(16-23(17)34(30,31)27-21-6-4-5-7-22(21)32-2)24(28)26-15-14-18-9-12-19(13-10-18)25(29)33-3/h4-13,16,27H,14-15H2,1-3H3,(H,26,28). The Morgan fingerprint density at radius 2 is 1.59 bits per heavy atom. The van der Waals surface area contributed by atoms with Gasteiger partial charge >= 0.3 is 5.97 Å². The molecule has 0 fully saturated rings. The van der Waals surface area contributed by atoms with E-state index >= 15 is 0 Å². The van der Waals surface area contributed by atoms with Gasteiger partial charge in [-0.15, -0.1) is 0 Å². The number of nitrogens with one attached hydrogen (secondary N) is 2. The molecule has 34 heavy (non-hydrogen) atoms. The Kier molecular flexibility index (Phi) is 7.91. The number of sulfonamides is 1. The highest BCUT2D eigenvalue weighted by molar-refractivity contribution is 7.92. The zero-order valence-electron chi connectivity index (χ0n) is 19.1. The fraction of sp³-hybridized carbons (Fsp3) is 0.200. The second-order valence-electron chi connectivity index (χ2n) is 7.48. The number of esters is 1. The minimum absolute atomic E-state index is 0.00413. The average Bonchev–Trinajstić information content (AvgIpc) is 2.84. The lowest BCUT2D eigenvalue weighted by Gasteiger charge is -2.14. The van der Waals surface area contributed by atoms with Gasteiger partial charge in [0.05, 0.1) is 30.4 Å². The molecule has 0 aliphatic carbocycles. The molecular formula is C25H26N2O6S. The SMILES string of the molecule is COC(=O)c1ccc(CCNC(=O)c2ccc(C)c(S(=O)(=O)Nc3ccccc3OC)c2)cc1. The van der Waals surface area contributed by atoms with E-state index in [2.05, 4.69) is 14.8 Å². The summed E-state index contributed by atoms with van der Waals surface area (Å²) in [6.45, 7) is 2.00. The summed E-state index contributed by atoms with van der Waals surface area (Å²) < 4.78 is 38.5. The van der Waals surface area contributed by atoms with Crippen LogP contribution in [0.2, 0.25) is 0 Å². The van der Waals surface area contributed by atoms with Crippen LogP contribution >= 0.6 is 0 Å². The first-order chi connectivity index (χ1) is 16.2. The summed E-state index contributed by atoms with van der Waals surface area (Å²) >= 11 is 0. The van der Waals surface area contributed by atoms with E-state index in [1.807, 2.05) is 0 Å². The normalized spacial score (nSPS) is 10.9. The molecule has 2 N–H and O–H groups in total. The fourth-order valence-electron chi connectivity index (χ4n) is 3.31. The van der Waals surface area contributed by atoms with Crippen LogP contribution in [0.1, 0.15) is 31.8 Å². The predicted octanol–water partition coefficient (Wildman–Crippen LogP) is 3.56. The van der Waals surface area contributed by atoms with E-state index < -0.39 is 16.0 Å². The first-order valence-electron chi connectivity index (χ1n) is 10.5. The number of hydrogen-bond acceptors (Lipinski definition) is 6. The van der Waals surface area contributed by atoms with Crippen LogP contribution in [0.5, 0.6) is 5.75 Å². The second kappa shape index (κ2) is 10.8. The van der Waals surface area contributed by atoms with Crippen LogP contribution in [0, 0.1) is 6.92 Å². The van der Waals surface area contributed by atoms with Crippen molar-refractivity contribution in [1.82, 2.24) is 5.32 Å². The lowest BCUT2D eigenvalue weighted by molar-refractivity contribution is 0.0600. The molecule has 0 spiro atoms. The zero-order chi connectivity index (χ0) is 24.7. The van der Waals surface area contributed by atoms with Gasteiger partial charge in [0.2, 0.25) is 0 Å². The third-order valence-electron chi connectivity index (χ3n) is 5.17. The molecule has 9 heteroatoms. The number of anilines is 1. The van der Waals surface area contributed by atoms with Crippen molar-refractivity contribution in [2.75, 3.05) is 25.5 Å². The van der Waals surface area contributed by atoms with Gasteiger partial charge in [0, 0.05) is 12.1 Å². The number of aryl methyl sites for hydroxylation is 1. The highest BCUT2D eigenvalue weighted by Gasteiger charge is 2.20. The molecule has 3 aromatic carbocycles. The fourth-order valence-corrected chi connectivity index (χ4v) is 4.65. The molecule has 3 rings (SSSR count). The van der Waals surface area contributed by atoms with E-state index in [4.69, 9.17) is 4.74 Å². The third kappa shape index (κ3) is 5.93. The number of para-hydroxylation sites is 2. The molecule has 1 amide bonds. The molecule has 8 nitrogen and oxygen atoms in total. The van der Waals surface area contributed by atoms with Crippen molar-refractivity contribution in [3.63, 3.8) is 0 Å². The number of methoxy groups -OCH3 is 2. The number of carbonyl (C=O) groups excluding carboxylic acids is 2. The van der Waals surface area contributed by atoms with Crippen LogP contribution in [0.25, 0.3) is 0 Å². The Morgan fingerprint density at radius 3 is 2.26 bits per heavy atom. The molecule has 0 unspecified atom stereocenters. The van der Waals surface area contributed by atoms with E-state index in [1.165, 1.54) is 20.3 Å². The molecular weight excluding hydrogens is 456 g/mol. The van der Waals surface area contributed by atoms with Gasteiger partial charge in [0.25, 0.3) is 15.9 Å². The summed E-state index contributed by atoms with van der Waals surface area (Å²) in [4.78, 5) is 24.2. The van der Waals surface area contributed by atoms with Crippen LogP contribution in [0.15, 0.2) is 71.6 Å². The van der Waals surface area contributed by atoms with Crippen molar-refractivity contribution >= 4 is 27.6 Å². The monoisotopic (exact) mass is 482 g/mol. The lowest BCUT2D eigenvalue weighted by atomic mass is 10.1. The first kappa shape index (κ1) is 24.8. The molecule has 0 atom stereocenters. The van der Waals surface area contributed by atoms with E-state index in [1.54, 1.807) is 67.6 Å². The van der Waals surface area contributed by atoms with Gasteiger partial charge in [-0.1, -0.05) is 30.3 Å². The van der Waals surface area contributed by atoms with Crippen molar-refractivity contribution in [2.45, 2.75) is 18.2 Å². The molecule has 178 valence electrons. The molecule has 0 radical (unpaired) electrons. The number of amides is 1. The Bertz CT molecular complexity index is 1290. The molecule has 3 aromatic rings. The van der Waals surface area contributed by atoms with Gasteiger partial charge in [-0.3, -0.25) is 9.52 Å². The number of hydrogen-bond donors (Lipinski definition) is 2. The minimum Gasteiger partial charge on any atom is -0.495 e. The Balaban J connectivity index is 1.69. The van der Waals surface area contributed by atoms with E-state index in [0.29, 0.717) is 35.5 Å². The summed E-state index contributed by atoms with van der Waals surface area (Å²) in [6.07, 6.45) is 0.541. The molecule has 0 heterocycles. The van der Waals surface area contributed by atoms with Gasteiger partial charge in [-0.05, 0) is 60.9 Å². The van der Waals surface area contributed by atoms with E-state index in [9.17, 15) is 18.0 Å². The molecule has 0 aliphatic rings. The molecule has 0 bridgehead atoms. The Hall–Kier alpha value is -3.85. The molecule has 0 aliphatic heterocycles. The van der Waals surface area contributed by atoms with Crippen LogP contribution in [-0.4, -0.2) is 41.1 Å². The van der Waals surface area contributed by atoms with Crippen LogP contribution < -0.4 is 14.8 Å². The van der Waals surface area contributed by atoms with Gasteiger partial charge < -0.3 is 14.8 Å². The van der Waals surface area contributed by atoms with Crippen molar-refractivity contribution < 1.29 is 27.5 Å². The smallest absolute Gasteiger partial charge is 0.337 e. The van der Waals surface area contributed by atoms with Crippen LogP contribution in [-0.2, 0) is 21.2 Å². The summed E-state index contributed by atoms with van der Waals surface area (Å²) in [7, 11) is -1.18. The number of rotatable bonds is 9. The maximum atomic E-state index is 13.0. The quantitative estimate of drug-likeness (QED) is 0.451. The van der Waals surface area contributed by atoms with E-state index in [-0.39, 0.29) is 16.4 Å². The van der Waals surface area contributed by atoms with E-state index in [0.717, 1.165) is 5.56 Å². The Labute approximate surface area is 199 Å². The minimum atomic E-state index is -3.96. The van der Waals surface area contributed by atoms with Crippen molar-refractivity contribution in [1.29, 1.82) is 0 Å². The summed E-state index contributed by atoms with van der Waals surface area (Å²) in [6, 6.07) is 18.1. The van der Waals surface area contributed by atoms with Crippen molar-refractivity contribution in [3.8, 4) is 5.75 Å². The summed E-state index contributed by atoms with van der Waals surface area (Å²) in [5.74, 6) is -0.414. The first-order valence-corrected chi connectivity index (χ1v) is 12.0. The van der Waals surface area contributed by atoms with Crippen LogP contribution in [0.3, 0.4) is 0 Å². The average molecular weight is 483 g/mol. The molecule has 0 saturated carbocycles. The maximum absolute atomic E-state index is 13.0. The summed E-state index contributed by atoms with van der Waals surface area (Å²) in [5, 5.41) is 2.80. The van der Waals surface area contributed by atoms with Gasteiger partial charge in [-0.2, -0.15) is 0 Å². The Morgan fingerprint density at radius 1 is 0.912 bits per heavy atom. The van der Waals surface area contributed by atoms with Gasteiger partial charge in [0.1, 0.15) is 5.75 Å². The second-order valence-corrected chi connectivity index (χ2v) is 9.13. The highest BCUT2D eigenvalue weighted by atomic mass is 32.2. The maximum Gasteiger partial charge on any atom is 0.337 e. The highest BCUT2D eigenvalue weighted by Crippen LogP contribution is 2.27. The number of benzene rings is 3. The summed E-state index contributed by atoms with van der Waals surface area (Å²) in [5.41, 5.74) is 2.42.